The number of anilines is 1. The van der Waals surface area contributed by atoms with Crippen LogP contribution in [0.1, 0.15) is 22.9 Å². The van der Waals surface area contributed by atoms with Gasteiger partial charge in [0.2, 0.25) is 6.41 Å². The van der Waals surface area contributed by atoms with E-state index in [2.05, 4.69) is 25.8 Å². The predicted octanol–water partition coefficient (Wildman–Crippen LogP) is 4.75. The van der Waals surface area contributed by atoms with Gasteiger partial charge in [-0.15, -0.1) is 23.1 Å². The van der Waals surface area contributed by atoms with Crippen molar-refractivity contribution in [3.05, 3.63) is 130 Å². The van der Waals surface area contributed by atoms with E-state index in [4.69, 9.17) is 9.57 Å². The smallest absolute Gasteiger partial charge is 0.356 e. The number of oxime groups is 1. The number of aromatic nitrogens is 2. The van der Waals surface area contributed by atoms with E-state index in [1.165, 1.54) is 40.9 Å². The Morgan fingerprint density at radius 2 is 1.82 bits per heavy atom. The van der Waals surface area contributed by atoms with E-state index in [-0.39, 0.29) is 22.2 Å². The van der Waals surface area contributed by atoms with Gasteiger partial charge in [-0.25, -0.2) is 9.78 Å². The number of fused-ring (bicyclic) bond motifs is 1. The monoisotopic (exact) mass is 712 g/mol. The van der Waals surface area contributed by atoms with Gasteiger partial charge in [0, 0.05) is 28.4 Å². The molecule has 4 heterocycles. The molecule has 6 rings (SSSR count). The van der Waals surface area contributed by atoms with Crippen LogP contribution in [0.3, 0.4) is 0 Å². The molecule has 2 aromatic carbocycles. The lowest BCUT2D eigenvalue weighted by molar-refractivity contribution is -0.154. The highest BCUT2D eigenvalue weighted by Gasteiger charge is 2.54. The molecule has 2 N–H and O–H groups in total. The predicted molar refractivity (Wildman–Crippen MR) is 187 cm³/mol. The zero-order chi connectivity index (χ0) is 34.2. The average Bonchev–Trinajstić information content (AvgIpc) is 3.60. The highest BCUT2D eigenvalue weighted by Crippen LogP contribution is 2.42. The number of carbonyl (C=O) groups excluding carboxylic acids is 4. The van der Waals surface area contributed by atoms with E-state index in [9.17, 15) is 19.2 Å². The molecule has 2 aromatic heterocycles. The van der Waals surface area contributed by atoms with Gasteiger partial charge in [0.05, 0.1) is 0 Å². The van der Waals surface area contributed by atoms with Gasteiger partial charge < -0.3 is 20.2 Å². The molecule has 248 valence electrons. The Labute approximate surface area is 293 Å². The van der Waals surface area contributed by atoms with Crippen LogP contribution in [0.25, 0.3) is 0 Å². The number of thiazole rings is 1. The minimum Gasteiger partial charge on any atom is -0.448 e. The summed E-state index contributed by atoms with van der Waals surface area (Å²) in [5.74, 6) is -1.50. The third-order valence-electron chi connectivity index (χ3n) is 7.34. The number of rotatable bonds is 13. The molecule has 2 atom stereocenters. The Balaban J connectivity index is 1.28. The van der Waals surface area contributed by atoms with Crippen molar-refractivity contribution in [2.45, 2.75) is 22.4 Å². The average molecular weight is 713 g/mol. The first-order chi connectivity index (χ1) is 24.0. The quantitative estimate of drug-likeness (QED) is 0.0496. The number of ether oxygens (including phenoxy) is 1. The molecular formula is C34H28N6O6S3. The van der Waals surface area contributed by atoms with Crippen molar-refractivity contribution in [2.75, 3.05) is 18.2 Å². The highest BCUT2D eigenvalue weighted by molar-refractivity contribution is 8.02. The molecule has 2 aliphatic heterocycles. The van der Waals surface area contributed by atoms with Crippen LogP contribution in [-0.2, 0) is 28.8 Å². The lowest BCUT2D eigenvalue weighted by Gasteiger charge is -2.49. The molecule has 49 heavy (non-hydrogen) atoms. The Morgan fingerprint density at radius 1 is 1.08 bits per heavy atom. The highest BCUT2D eigenvalue weighted by atomic mass is 32.2. The standard InChI is InChI=1S/C34H28N6O6S3/c1-45-39-26(25-19-49-34(37-25)36-20-41)30(42)38-27-31(43)40-28(23(18-48-32(27)40)14-16-47-24-13-8-15-35-17-24)33(44)46-29(21-9-4-2-5-10-21)22-11-6-3-7-12-22/h2-17,19-20,27,29,32H,18H2,1H3,(H,38,42)(H,36,37,41)/t27?,32-/m0/s1. The third-order valence-corrected chi connectivity index (χ3v) is 10.2. The summed E-state index contributed by atoms with van der Waals surface area (Å²) in [5, 5.41) is 12.0. The normalized spacial score (nSPS) is 17.4. The molecule has 1 fully saturated rings. The molecule has 15 heteroatoms. The molecule has 0 spiro atoms. The zero-order valence-corrected chi connectivity index (χ0v) is 28.2. The number of β-lactam (4-membered cyclic amide) rings is 1. The van der Waals surface area contributed by atoms with Gasteiger partial charge in [-0.05, 0) is 40.3 Å². The molecule has 12 nitrogen and oxygen atoms in total. The largest absolute Gasteiger partial charge is 0.448 e. The van der Waals surface area contributed by atoms with Gasteiger partial charge in [0.1, 0.15) is 29.9 Å². The van der Waals surface area contributed by atoms with Crippen LogP contribution in [0.15, 0.2) is 123 Å². The molecule has 0 bridgehead atoms. The van der Waals surface area contributed by atoms with Crippen molar-refractivity contribution in [3.63, 3.8) is 0 Å². The summed E-state index contributed by atoms with van der Waals surface area (Å²) in [6.07, 6.45) is 4.95. The van der Waals surface area contributed by atoms with Crippen molar-refractivity contribution >= 4 is 69.9 Å². The summed E-state index contributed by atoms with van der Waals surface area (Å²) in [7, 11) is 1.28. The van der Waals surface area contributed by atoms with Gasteiger partial charge in [-0.3, -0.25) is 24.3 Å². The molecule has 1 unspecified atom stereocenters. The Morgan fingerprint density at radius 3 is 2.47 bits per heavy atom. The molecule has 4 aromatic rings. The molecule has 0 saturated carbocycles. The Hall–Kier alpha value is -5.25. The summed E-state index contributed by atoms with van der Waals surface area (Å²) in [6, 6.07) is 21.5. The third kappa shape index (κ3) is 7.58. The number of nitrogens with one attached hydrogen (secondary N) is 2. The van der Waals surface area contributed by atoms with Gasteiger partial charge in [0.25, 0.3) is 11.8 Å². The molecular weight excluding hydrogens is 685 g/mol. The number of esters is 1. The molecule has 0 aliphatic carbocycles. The maximum Gasteiger partial charge on any atom is 0.356 e. The van der Waals surface area contributed by atoms with Crippen LogP contribution in [-0.4, -0.2) is 69.1 Å². The SMILES string of the molecule is CON=C(C(=O)NC1C(=O)N2C(C(=O)OC(c3ccccc3)c3ccccc3)=C(C=CSc3cccnc3)CS[C@@H]12)c1csc(NC=O)n1. The first kappa shape index (κ1) is 33.6. The second-order valence-corrected chi connectivity index (χ2v) is 13.3. The van der Waals surface area contributed by atoms with Gasteiger partial charge >= 0.3 is 5.97 Å². The minimum atomic E-state index is -0.970. The van der Waals surface area contributed by atoms with E-state index in [0.29, 0.717) is 17.7 Å². The fourth-order valence-electron chi connectivity index (χ4n) is 5.12. The molecule has 3 amide bonds. The Bertz CT molecular complexity index is 1880. The first-order valence-electron chi connectivity index (χ1n) is 14.8. The summed E-state index contributed by atoms with van der Waals surface area (Å²) >= 11 is 3.92. The van der Waals surface area contributed by atoms with Crippen LogP contribution < -0.4 is 10.6 Å². The van der Waals surface area contributed by atoms with Crippen molar-refractivity contribution in [2.24, 2.45) is 5.16 Å². The van der Waals surface area contributed by atoms with Crippen LogP contribution in [0.5, 0.6) is 0 Å². The summed E-state index contributed by atoms with van der Waals surface area (Å²) < 4.78 is 6.21. The summed E-state index contributed by atoms with van der Waals surface area (Å²) in [4.78, 5) is 67.7. The van der Waals surface area contributed by atoms with Crippen molar-refractivity contribution < 1.29 is 28.8 Å². The molecule has 0 radical (unpaired) electrons. The summed E-state index contributed by atoms with van der Waals surface area (Å²) in [5.41, 5.74) is 2.22. The van der Waals surface area contributed by atoms with E-state index >= 15 is 0 Å². The van der Waals surface area contributed by atoms with E-state index in [1.54, 1.807) is 18.5 Å². The van der Waals surface area contributed by atoms with E-state index < -0.39 is 35.3 Å². The summed E-state index contributed by atoms with van der Waals surface area (Å²) in [6.45, 7) is 0. The lowest BCUT2D eigenvalue weighted by Crippen LogP contribution is -2.71. The number of benzene rings is 2. The molecule has 2 aliphatic rings. The number of thioether (sulfide) groups is 2. The van der Waals surface area contributed by atoms with E-state index in [0.717, 1.165) is 27.4 Å². The fourth-order valence-corrected chi connectivity index (χ4v) is 7.76. The Kier molecular flexibility index (Phi) is 10.8. The number of allylic oxidation sites excluding steroid dienone is 1. The first-order valence-corrected chi connectivity index (χ1v) is 17.6. The number of hydrogen-bond acceptors (Lipinski definition) is 12. The van der Waals surface area contributed by atoms with Crippen molar-refractivity contribution in [3.8, 4) is 0 Å². The number of amides is 3. The van der Waals surface area contributed by atoms with Crippen LogP contribution in [0.4, 0.5) is 5.13 Å². The zero-order valence-electron chi connectivity index (χ0n) is 25.8. The van der Waals surface area contributed by atoms with Crippen molar-refractivity contribution in [1.29, 1.82) is 0 Å². The van der Waals surface area contributed by atoms with Gasteiger partial charge in [-0.1, -0.05) is 77.6 Å². The topological polar surface area (TPSA) is 152 Å². The number of carbonyl (C=O) groups is 4. The van der Waals surface area contributed by atoms with E-state index in [1.807, 2.05) is 78.2 Å². The minimum absolute atomic E-state index is 0.106. The maximum atomic E-state index is 14.2. The number of nitrogens with zero attached hydrogens (tertiary/aromatic N) is 4. The lowest BCUT2D eigenvalue weighted by atomic mass is 10.0. The maximum absolute atomic E-state index is 14.2. The van der Waals surface area contributed by atoms with Crippen LogP contribution in [0.2, 0.25) is 0 Å². The van der Waals surface area contributed by atoms with Crippen LogP contribution >= 0.6 is 34.9 Å². The van der Waals surface area contributed by atoms with Gasteiger partial charge in [0.15, 0.2) is 16.9 Å². The fraction of sp³-hybridized carbons (Fsp3) is 0.147. The van der Waals surface area contributed by atoms with Crippen molar-refractivity contribution in [1.82, 2.24) is 20.2 Å². The number of pyridine rings is 1. The van der Waals surface area contributed by atoms with Gasteiger partial charge in [-0.2, -0.15) is 0 Å². The second-order valence-electron chi connectivity index (χ2n) is 10.4. The molecule has 1 saturated heterocycles. The number of hydrogen-bond donors (Lipinski definition) is 2. The van der Waals surface area contributed by atoms with Crippen LogP contribution in [0, 0.1) is 0 Å². The second kappa shape index (κ2) is 15.8.